The molecular weight excluding hydrogens is 767 g/mol. The highest BCUT2D eigenvalue weighted by Gasteiger charge is 2.18. The van der Waals surface area contributed by atoms with E-state index < -0.39 is 12.1 Å². The normalized spacial score (nSPS) is 13.0. The third kappa shape index (κ3) is 47.3. The number of carbonyl (C=O) groups excluding carboxylic acids is 2. The molecule has 0 bridgehead atoms. The van der Waals surface area contributed by atoms with E-state index in [-0.39, 0.29) is 18.5 Å². The zero-order chi connectivity index (χ0) is 45.1. The Morgan fingerprint density at radius 2 is 0.839 bits per heavy atom. The summed E-state index contributed by atoms with van der Waals surface area (Å²) in [5, 5.41) is 23.1. The van der Waals surface area contributed by atoms with Crippen LogP contribution in [0.25, 0.3) is 0 Å². The summed E-state index contributed by atoms with van der Waals surface area (Å²) in [7, 11) is 0. The molecule has 0 saturated carbocycles. The molecule has 2 atom stereocenters. The van der Waals surface area contributed by atoms with Crippen LogP contribution in [0.1, 0.15) is 271 Å². The van der Waals surface area contributed by atoms with Crippen molar-refractivity contribution in [3.63, 3.8) is 0 Å². The van der Waals surface area contributed by atoms with E-state index in [2.05, 4.69) is 55.6 Å². The molecule has 3 N–H and O–H groups in total. The highest BCUT2D eigenvalue weighted by atomic mass is 16.5. The average Bonchev–Trinajstić information content (AvgIpc) is 3.27. The van der Waals surface area contributed by atoms with Crippen molar-refractivity contribution in [1.82, 2.24) is 5.32 Å². The molecule has 0 heterocycles. The molecule has 1 amide bonds. The van der Waals surface area contributed by atoms with Crippen molar-refractivity contribution in [3.05, 3.63) is 48.6 Å². The van der Waals surface area contributed by atoms with Gasteiger partial charge in [0.15, 0.2) is 0 Å². The summed E-state index contributed by atoms with van der Waals surface area (Å²) in [6.45, 7) is 4.80. The molecule has 0 aromatic rings. The van der Waals surface area contributed by atoms with Crippen molar-refractivity contribution in [3.8, 4) is 0 Å². The van der Waals surface area contributed by atoms with E-state index in [1.54, 1.807) is 6.08 Å². The number of rotatable bonds is 49. The summed E-state index contributed by atoms with van der Waals surface area (Å²) in [4.78, 5) is 24.4. The van der Waals surface area contributed by atoms with Crippen LogP contribution in [-0.4, -0.2) is 47.4 Å². The first-order valence-electron chi connectivity index (χ1n) is 26.9. The molecule has 0 spiro atoms. The van der Waals surface area contributed by atoms with Crippen LogP contribution in [-0.2, 0) is 14.3 Å². The third-order valence-electron chi connectivity index (χ3n) is 12.0. The highest BCUT2D eigenvalue weighted by molar-refractivity contribution is 5.76. The van der Waals surface area contributed by atoms with Gasteiger partial charge in [0.1, 0.15) is 0 Å². The van der Waals surface area contributed by atoms with Crippen LogP contribution < -0.4 is 5.32 Å². The van der Waals surface area contributed by atoms with E-state index in [1.807, 2.05) is 6.08 Å². The van der Waals surface area contributed by atoms with E-state index in [1.165, 1.54) is 173 Å². The Balaban J connectivity index is 3.51. The van der Waals surface area contributed by atoms with Crippen molar-refractivity contribution in [2.75, 3.05) is 13.2 Å². The third-order valence-corrected chi connectivity index (χ3v) is 12.0. The van der Waals surface area contributed by atoms with Gasteiger partial charge in [-0.25, -0.2) is 0 Å². The molecule has 62 heavy (non-hydrogen) atoms. The molecule has 0 rings (SSSR count). The number of hydrogen-bond donors (Lipinski definition) is 3. The van der Waals surface area contributed by atoms with E-state index >= 15 is 0 Å². The van der Waals surface area contributed by atoms with Gasteiger partial charge in [0.05, 0.1) is 25.4 Å². The monoisotopic (exact) mass is 870 g/mol. The quantitative estimate of drug-likeness (QED) is 0.0322. The minimum absolute atomic E-state index is 0.0189. The largest absolute Gasteiger partial charge is 0.466 e. The number of esters is 1. The molecular formula is C56H103NO5. The summed E-state index contributed by atoms with van der Waals surface area (Å²) in [6.07, 6.45) is 64.0. The van der Waals surface area contributed by atoms with Gasteiger partial charge in [0.25, 0.3) is 0 Å². The molecule has 0 radical (unpaired) electrons. The van der Waals surface area contributed by atoms with Gasteiger partial charge in [-0.3, -0.25) is 9.59 Å². The molecule has 0 aliphatic rings. The molecule has 0 saturated heterocycles. The predicted molar refractivity (Wildman–Crippen MR) is 269 cm³/mol. The minimum Gasteiger partial charge on any atom is -0.466 e. The first-order valence-corrected chi connectivity index (χ1v) is 26.9. The first-order chi connectivity index (χ1) is 30.5. The molecule has 0 aliphatic carbocycles. The van der Waals surface area contributed by atoms with Crippen molar-refractivity contribution in [2.45, 2.75) is 283 Å². The Bertz CT molecular complexity index is 1050. The Kier molecular flexibility index (Phi) is 49.6. The lowest BCUT2D eigenvalue weighted by molar-refractivity contribution is -0.143. The fraction of sp³-hybridized carbons (Fsp3) is 0.821. The number of amides is 1. The average molecular weight is 870 g/mol. The van der Waals surface area contributed by atoms with Gasteiger partial charge in [-0.15, -0.1) is 0 Å². The molecule has 2 unspecified atom stereocenters. The number of hydrogen-bond acceptors (Lipinski definition) is 5. The van der Waals surface area contributed by atoms with Crippen LogP contribution >= 0.6 is 0 Å². The summed E-state index contributed by atoms with van der Waals surface area (Å²) >= 11 is 0. The Morgan fingerprint density at radius 3 is 1.31 bits per heavy atom. The van der Waals surface area contributed by atoms with E-state index in [4.69, 9.17) is 4.74 Å². The molecule has 6 nitrogen and oxygen atoms in total. The van der Waals surface area contributed by atoms with Crippen molar-refractivity contribution < 1.29 is 24.5 Å². The second-order valence-corrected chi connectivity index (χ2v) is 18.2. The number of aliphatic hydroxyl groups is 2. The Labute approximate surface area is 385 Å². The lowest BCUT2D eigenvalue weighted by Gasteiger charge is -2.20. The number of aliphatic hydroxyl groups excluding tert-OH is 2. The fourth-order valence-corrected chi connectivity index (χ4v) is 7.90. The van der Waals surface area contributed by atoms with Crippen LogP contribution in [0.5, 0.6) is 0 Å². The molecule has 6 heteroatoms. The maximum absolute atomic E-state index is 12.4. The number of carbonyl (C=O) groups is 2. The van der Waals surface area contributed by atoms with Gasteiger partial charge in [0.2, 0.25) is 5.91 Å². The minimum atomic E-state index is -0.853. The van der Waals surface area contributed by atoms with Crippen LogP contribution in [0.4, 0.5) is 0 Å². The van der Waals surface area contributed by atoms with E-state index in [9.17, 15) is 19.8 Å². The second-order valence-electron chi connectivity index (χ2n) is 18.2. The summed E-state index contributed by atoms with van der Waals surface area (Å²) in [5.41, 5.74) is 0. The maximum atomic E-state index is 12.4. The number of allylic oxidation sites excluding steroid dienone is 7. The van der Waals surface area contributed by atoms with Gasteiger partial charge in [0, 0.05) is 12.8 Å². The zero-order valence-electron chi connectivity index (χ0n) is 41.1. The molecule has 362 valence electrons. The fourth-order valence-electron chi connectivity index (χ4n) is 7.90. The van der Waals surface area contributed by atoms with Gasteiger partial charge < -0.3 is 20.3 Å². The lowest BCUT2D eigenvalue weighted by Crippen LogP contribution is -2.45. The van der Waals surface area contributed by atoms with Crippen LogP contribution in [0, 0.1) is 0 Å². The standard InChI is InChI=1S/C56H103NO5/c1-3-5-7-9-11-13-15-17-21-25-28-32-36-40-44-48-54(59)53(52-58)57-55(60)49-45-41-37-33-29-26-22-19-18-20-23-27-31-35-39-43-47-51-62-56(61)50-46-42-38-34-30-24-16-14-12-10-8-6-4-2/h8,10,14,16,18,20,44,48,53-54,58-59H,3-7,9,11-13,15,17,19,21-43,45-47,49-52H2,1-2H3,(H,57,60)/b10-8-,16-14-,20-18-,48-44+. The Hall–Kier alpha value is -2.18. The van der Waals surface area contributed by atoms with Crippen LogP contribution in [0.2, 0.25) is 0 Å². The van der Waals surface area contributed by atoms with Crippen LogP contribution in [0.3, 0.4) is 0 Å². The van der Waals surface area contributed by atoms with Crippen molar-refractivity contribution in [1.29, 1.82) is 0 Å². The summed E-state index contributed by atoms with van der Waals surface area (Å²) in [5.74, 6) is -0.100. The maximum Gasteiger partial charge on any atom is 0.305 e. The van der Waals surface area contributed by atoms with Crippen LogP contribution in [0.15, 0.2) is 48.6 Å². The van der Waals surface area contributed by atoms with Crippen molar-refractivity contribution >= 4 is 11.9 Å². The first kappa shape index (κ1) is 59.8. The van der Waals surface area contributed by atoms with Gasteiger partial charge in [-0.05, 0) is 83.5 Å². The number of unbranched alkanes of at least 4 members (excludes halogenated alkanes) is 32. The molecule has 0 aromatic heterocycles. The van der Waals surface area contributed by atoms with Gasteiger partial charge in [-0.2, -0.15) is 0 Å². The number of ether oxygens (including phenoxy) is 1. The second kappa shape index (κ2) is 51.5. The molecule has 0 aliphatic heterocycles. The number of nitrogens with one attached hydrogen (secondary N) is 1. The summed E-state index contributed by atoms with van der Waals surface area (Å²) < 4.78 is 5.45. The predicted octanol–water partition coefficient (Wildman–Crippen LogP) is 16.2. The molecule has 0 aromatic carbocycles. The highest BCUT2D eigenvalue weighted by Crippen LogP contribution is 2.15. The SMILES string of the molecule is CCC/C=C\C/C=C\CCCCCCCC(=O)OCCCCCCCC/C=C\CCCCCCCCCC(=O)NC(CO)C(O)/C=C/CCCCCCCCCCCCCCC. The molecule has 0 fully saturated rings. The van der Waals surface area contributed by atoms with Gasteiger partial charge >= 0.3 is 5.97 Å². The van der Waals surface area contributed by atoms with E-state index in [0.29, 0.717) is 19.4 Å². The topological polar surface area (TPSA) is 95.9 Å². The van der Waals surface area contributed by atoms with Gasteiger partial charge in [-0.1, -0.05) is 223 Å². The smallest absolute Gasteiger partial charge is 0.305 e. The Morgan fingerprint density at radius 1 is 0.452 bits per heavy atom. The lowest BCUT2D eigenvalue weighted by atomic mass is 10.0. The zero-order valence-corrected chi connectivity index (χ0v) is 41.1. The van der Waals surface area contributed by atoms with E-state index in [0.717, 1.165) is 70.6 Å². The summed E-state index contributed by atoms with van der Waals surface area (Å²) in [6, 6.07) is -0.638. The van der Waals surface area contributed by atoms with Crippen molar-refractivity contribution in [2.24, 2.45) is 0 Å².